The zero-order valence-corrected chi connectivity index (χ0v) is 12.4. The standard InChI is InChI=1S/C15H16BrNO/c1-10-4-5-14(6-11(10)2)17-9-13(8-16)15(18)7-12(17)3/h4-7,9H,8H2,1-3H3. The average Bonchev–Trinajstić information content (AvgIpc) is 2.33. The highest BCUT2D eigenvalue weighted by Gasteiger charge is 2.05. The van der Waals surface area contributed by atoms with Crippen molar-refractivity contribution in [2.24, 2.45) is 0 Å². The molecule has 1 aromatic carbocycles. The van der Waals surface area contributed by atoms with Crippen molar-refractivity contribution in [2.75, 3.05) is 0 Å². The van der Waals surface area contributed by atoms with Gasteiger partial charge in [-0.05, 0) is 44.0 Å². The van der Waals surface area contributed by atoms with Crippen molar-refractivity contribution in [1.29, 1.82) is 0 Å². The van der Waals surface area contributed by atoms with Crippen molar-refractivity contribution in [2.45, 2.75) is 26.1 Å². The summed E-state index contributed by atoms with van der Waals surface area (Å²) in [5.74, 6) is 0. The molecule has 0 aliphatic carbocycles. The van der Waals surface area contributed by atoms with Gasteiger partial charge in [-0.25, -0.2) is 0 Å². The van der Waals surface area contributed by atoms with Gasteiger partial charge in [-0.3, -0.25) is 4.79 Å². The van der Waals surface area contributed by atoms with Crippen LogP contribution in [0.15, 0.2) is 35.3 Å². The monoisotopic (exact) mass is 305 g/mol. The van der Waals surface area contributed by atoms with Crippen LogP contribution in [0.4, 0.5) is 0 Å². The van der Waals surface area contributed by atoms with Gasteiger partial charge in [0, 0.05) is 34.5 Å². The van der Waals surface area contributed by atoms with E-state index in [0.717, 1.165) is 16.9 Å². The lowest BCUT2D eigenvalue weighted by atomic mass is 10.1. The van der Waals surface area contributed by atoms with Gasteiger partial charge in [-0.2, -0.15) is 0 Å². The molecule has 0 spiro atoms. The predicted molar refractivity (Wildman–Crippen MR) is 78.9 cm³/mol. The van der Waals surface area contributed by atoms with E-state index in [-0.39, 0.29) is 5.43 Å². The fourth-order valence-corrected chi connectivity index (χ4v) is 2.35. The third-order valence-electron chi connectivity index (χ3n) is 3.23. The molecule has 0 aliphatic rings. The summed E-state index contributed by atoms with van der Waals surface area (Å²) in [5, 5.41) is 0.580. The Morgan fingerprint density at radius 3 is 2.44 bits per heavy atom. The van der Waals surface area contributed by atoms with Crippen molar-refractivity contribution in [3.05, 3.63) is 63.1 Å². The molecule has 1 aromatic heterocycles. The van der Waals surface area contributed by atoms with E-state index in [1.54, 1.807) is 6.07 Å². The number of aryl methyl sites for hydroxylation is 3. The summed E-state index contributed by atoms with van der Waals surface area (Å²) < 4.78 is 2.06. The van der Waals surface area contributed by atoms with Crippen LogP contribution < -0.4 is 5.43 Å². The molecule has 0 N–H and O–H groups in total. The number of rotatable bonds is 2. The summed E-state index contributed by atoms with van der Waals surface area (Å²) in [7, 11) is 0. The molecule has 2 nitrogen and oxygen atoms in total. The van der Waals surface area contributed by atoms with Gasteiger partial charge in [0.2, 0.25) is 0 Å². The largest absolute Gasteiger partial charge is 0.321 e. The van der Waals surface area contributed by atoms with Gasteiger partial charge in [0.05, 0.1) is 0 Å². The van der Waals surface area contributed by atoms with Gasteiger partial charge in [-0.15, -0.1) is 0 Å². The quantitative estimate of drug-likeness (QED) is 0.776. The van der Waals surface area contributed by atoms with Crippen molar-refractivity contribution in [3.8, 4) is 5.69 Å². The summed E-state index contributed by atoms with van der Waals surface area (Å²) in [6.07, 6.45) is 1.91. The SMILES string of the molecule is Cc1ccc(-n2cc(CBr)c(=O)cc2C)cc1C. The van der Waals surface area contributed by atoms with Gasteiger partial charge in [-0.1, -0.05) is 22.0 Å². The van der Waals surface area contributed by atoms with E-state index in [9.17, 15) is 4.79 Å². The van der Waals surface area contributed by atoms with E-state index in [4.69, 9.17) is 0 Å². The van der Waals surface area contributed by atoms with Crippen LogP contribution in [-0.4, -0.2) is 4.57 Å². The molecule has 2 rings (SSSR count). The third-order valence-corrected chi connectivity index (χ3v) is 3.84. The summed E-state index contributed by atoms with van der Waals surface area (Å²) in [5.41, 5.74) is 5.44. The van der Waals surface area contributed by atoms with E-state index in [1.165, 1.54) is 11.1 Å². The van der Waals surface area contributed by atoms with Crippen LogP contribution in [0.5, 0.6) is 0 Å². The van der Waals surface area contributed by atoms with Gasteiger partial charge in [0.15, 0.2) is 5.43 Å². The maximum atomic E-state index is 11.7. The first-order valence-electron chi connectivity index (χ1n) is 5.88. The molecule has 3 heteroatoms. The third kappa shape index (κ3) is 2.41. The summed E-state index contributed by atoms with van der Waals surface area (Å²) >= 11 is 3.35. The topological polar surface area (TPSA) is 22.0 Å². The Kier molecular flexibility index (Phi) is 3.71. The zero-order valence-electron chi connectivity index (χ0n) is 10.8. The van der Waals surface area contributed by atoms with Crippen molar-refractivity contribution in [1.82, 2.24) is 4.57 Å². The van der Waals surface area contributed by atoms with E-state index in [1.807, 2.05) is 13.1 Å². The molecule has 0 radical (unpaired) electrons. The Labute approximate surface area is 115 Å². The maximum absolute atomic E-state index is 11.7. The average molecular weight is 306 g/mol. The van der Waals surface area contributed by atoms with Gasteiger partial charge < -0.3 is 4.57 Å². The van der Waals surface area contributed by atoms with E-state index < -0.39 is 0 Å². The first-order valence-corrected chi connectivity index (χ1v) is 7.01. The molecule has 0 aliphatic heterocycles. The Bertz CT molecular complexity index is 643. The minimum Gasteiger partial charge on any atom is -0.321 e. The van der Waals surface area contributed by atoms with Gasteiger partial charge in [0.25, 0.3) is 0 Å². The molecule has 18 heavy (non-hydrogen) atoms. The van der Waals surface area contributed by atoms with E-state index >= 15 is 0 Å². The van der Waals surface area contributed by atoms with Crippen LogP contribution in [0.2, 0.25) is 0 Å². The lowest BCUT2D eigenvalue weighted by Crippen LogP contribution is -2.13. The molecule has 0 atom stereocenters. The van der Waals surface area contributed by atoms with E-state index in [2.05, 4.69) is 52.5 Å². The fraction of sp³-hybridized carbons (Fsp3) is 0.267. The summed E-state index contributed by atoms with van der Waals surface area (Å²) in [6.45, 7) is 6.15. The van der Waals surface area contributed by atoms with Crippen LogP contribution in [0, 0.1) is 20.8 Å². The van der Waals surface area contributed by atoms with Crippen molar-refractivity contribution in [3.63, 3.8) is 0 Å². The summed E-state index contributed by atoms with van der Waals surface area (Å²) in [4.78, 5) is 11.7. The number of hydrogen-bond acceptors (Lipinski definition) is 1. The van der Waals surface area contributed by atoms with Crippen LogP contribution in [0.1, 0.15) is 22.4 Å². The fourth-order valence-electron chi connectivity index (χ4n) is 1.93. The van der Waals surface area contributed by atoms with Crippen molar-refractivity contribution < 1.29 is 0 Å². The number of alkyl halides is 1. The van der Waals surface area contributed by atoms with Gasteiger partial charge in [0.1, 0.15) is 0 Å². The van der Waals surface area contributed by atoms with Gasteiger partial charge >= 0.3 is 0 Å². The Morgan fingerprint density at radius 1 is 1.11 bits per heavy atom. The Morgan fingerprint density at radius 2 is 1.83 bits per heavy atom. The molecule has 94 valence electrons. The van der Waals surface area contributed by atoms with Crippen LogP contribution in [-0.2, 0) is 5.33 Å². The molecule has 0 saturated carbocycles. The normalized spacial score (nSPS) is 10.7. The molecular formula is C15H16BrNO. The number of pyridine rings is 1. The minimum atomic E-state index is 0.0875. The predicted octanol–water partition coefficient (Wildman–Crippen LogP) is 3.66. The van der Waals surface area contributed by atoms with Crippen LogP contribution in [0.3, 0.4) is 0 Å². The lowest BCUT2D eigenvalue weighted by Gasteiger charge is -2.13. The lowest BCUT2D eigenvalue weighted by molar-refractivity contribution is 0.954. The highest BCUT2D eigenvalue weighted by molar-refractivity contribution is 9.08. The highest BCUT2D eigenvalue weighted by atomic mass is 79.9. The number of nitrogens with zero attached hydrogens (tertiary/aromatic N) is 1. The van der Waals surface area contributed by atoms with Crippen molar-refractivity contribution >= 4 is 15.9 Å². The summed E-state index contributed by atoms with van der Waals surface area (Å²) in [6, 6.07) is 8.02. The second-order valence-corrected chi connectivity index (χ2v) is 5.14. The molecule has 0 bridgehead atoms. The molecule has 1 heterocycles. The highest BCUT2D eigenvalue weighted by Crippen LogP contribution is 2.16. The zero-order chi connectivity index (χ0) is 13.3. The van der Waals surface area contributed by atoms with Crippen LogP contribution in [0.25, 0.3) is 5.69 Å². The second kappa shape index (κ2) is 5.11. The molecule has 0 unspecified atom stereocenters. The number of benzene rings is 1. The first kappa shape index (κ1) is 13.1. The Balaban J connectivity index is 2.63. The minimum absolute atomic E-state index is 0.0875. The molecule has 0 saturated heterocycles. The first-order chi connectivity index (χ1) is 8.52. The molecule has 2 aromatic rings. The maximum Gasteiger partial charge on any atom is 0.185 e. The number of aromatic nitrogens is 1. The number of hydrogen-bond donors (Lipinski definition) is 0. The van der Waals surface area contributed by atoms with Crippen LogP contribution >= 0.6 is 15.9 Å². The van der Waals surface area contributed by atoms with E-state index in [0.29, 0.717) is 5.33 Å². The second-order valence-electron chi connectivity index (χ2n) is 4.58. The Hall–Kier alpha value is -1.35. The smallest absolute Gasteiger partial charge is 0.185 e. The number of halogens is 1. The molecule has 0 fully saturated rings. The molecular weight excluding hydrogens is 290 g/mol. The molecule has 0 amide bonds.